The van der Waals surface area contributed by atoms with Crippen LogP contribution in [0.1, 0.15) is 72.8 Å². The number of hydrogen-bond donors (Lipinski definition) is 0. The largest absolute Gasteiger partial charge is 0.433 e. The average molecular weight is 446 g/mol. The Morgan fingerprint density at radius 1 is 1.06 bits per heavy atom. The molecule has 32 heavy (non-hydrogen) atoms. The lowest BCUT2D eigenvalue weighted by molar-refractivity contribution is -0.142. The SMILES string of the molecule is Cc1cnc(C(=O)N2CCC(c3cc4nc(C(C)(C)C)cc(C(F)(F)F)n4n3)CC2)cn1. The van der Waals surface area contributed by atoms with Gasteiger partial charge in [-0.25, -0.2) is 14.5 Å². The molecule has 1 amide bonds. The predicted octanol–water partition coefficient (Wildman–Crippen LogP) is 4.16. The van der Waals surface area contributed by atoms with E-state index in [9.17, 15) is 18.0 Å². The molecule has 4 rings (SSSR count). The highest BCUT2D eigenvalue weighted by Crippen LogP contribution is 2.34. The van der Waals surface area contributed by atoms with E-state index in [1.165, 1.54) is 6.20 Å². The second-order valence-corrected chi connectivity index (χ2v) is 9.22. The molecule has 7 nitrogen and oxygen atoms in total. The Morgan fingerprint density at radius 3 is 2.31 bits per heavy atom. The molecular weight excluding hydrogens is 421 g/mol. The van der Waals surface area contributed by atoms with E-state index in [1.807, 2.05) is 20.8 Å². The molecule has 0 spiro atoms. The number of aryl methyl sites for hydroxylation is 1. The molecule has 170 valence electrons. The number of rotatable bonds is 2. The van der Waals surface area contributed by atoms with Gasteiger partial charge in [-0.05, 0) is 25.8 Å². The Hall–Kier alpha value is -3.04. The molecule has 0 saturated carbocycles. The minimum Gasteiger partial charge on any atom is -0.337 e. The van der Waals surface area contributed by atoms with Crippen LogP contribution in [-0.2, 0) is 11.6 Å². The number of piperidine rings is 1. The second-order valence-electron chi connectivity index (χ2n) is 9.22. The first-order valence-corrected chi connectivity index (χ1v) is 10.5. The number of fused-ring (bicyclic) bond motifs is 1. The number of carbonyl (C=O) groups is 1. The van der Waals surface area contributed by atoms with Gasteiger partial charge in [0.25, 0.3) is 5.91 Å². The Bertz CT molecular complexity index is 1140. The monoisotopic (exact) mass is 446 g/mol. The van der Waals surface area contributed by atoms with Gasteiger partial charge < -0.3 is 4.90 Å². The van der Waals surface area contributed by atoms with Gasteiger partial charge in [0.1, 0.15) is 11.4 Å². The summed E-state index contributed by atoms with van der Waals surface area (Å²) in [6, 6.07) is 2.71. The lowest BCUT2D eigenvalue weighted by Crippen LogP contribution is -2.38. The molecule has 0 bridgehead atoms. The maximum Gasteiger partial charge on any atom is 0.433 e. The number of aromatic nitrogens is 5. The number of hydrogen-bond acceptors (Lipinski definition) is 5. The van der Waals surface area contributed by atoms with Gasteiger partial charge >= 0.3 is 6.18 Å². The van der Waals surface area contributed by atoms with Gasteiger partial charge in [0, 0.05) is 36.7 Å². The van der Waals surface area contributed by atoms with Crippen molar-refractivity contribution in [3.63, 3.8) is 0 Å². The first kappa shape index (κ1) is 22.2. The highest BCUT2D eigenvalue weighted by Gasteiger charge is 2.37. The molecule has 0 aliphatic carbocycles. The van der Waals surface area contributed by atoms with Crippen LogP contribution in [0.3, 0.4) is 0 Å². The van der Waals surface area contributed by atoms with E-state index in [2.05, 4.69) is 20.1 Å². The molecule has 1 fully saturated rings. The van der Waals surface area contributed by atoms with Crippen molar-refractivity contribution in [2.24, 2.45) is 0 Å². The molecule has 0 radical (unpaired) electrons. The predicted molar refractivity (Wildman–Crippen MR) is 111 cm³/mol. The molecule has 0 aromatic carbocycles. The van der Waals surface area contributed by atoms with Crippen LogP contribution in [0.25, 0.3) is 5.65 Å². The van der Waals surface area contributed by atoms with Crippen molar-refractivity contribution in [1.82, 2.24) is 29.5 Å². The van der Waals surface area contributed by atoms with Crippen molar-refractivity contribution in [2.75, 3.05) is 13.1 Å². The summed E-state index contributed by atoms with van der Waals surface area (Å²) in [6.07, 6.45) is -0.336. The number of likely N-dealkylation sites (tertiary alicyclic amines) is 1. The summed E-state index contributed by atoms with van der Waals surface area (Å²) < 4.78 is 42.1. The molecule has 1 aliphatic rings. The minimum absolute atomic E-state index is 0.0518. The zero-order valence-corrected chi connectivity index (χ0v) is 18.4. The number of alkyl halides is 3. The van der Waals surface area contributed by atoms with E-state index < -0.39 is 17.3 Å². The molecular formula is C22H25F3N6O. The molecule has 1 saturated heterocycles. The van der Waals surface area contributed by atoms with Crippen LogP contribution in [0.4, 0.5) is 13.2 Å². The highest BCUT2D eigenvalue weighted by molar-refractivity contribution is 5.92. The Morgan fingerprint density at radius 2 is 1.75 bits per heavy atom. The van der Waals surface area contributed by atoms with Gasteiger partial charge in [-0.3, -0.25) is 9.78 Å². The van der Waals surface area contributed by atoms with Gasteiger partial charge in [-0.15, -0.1) is 0 Å². The van der Waals surface area contributed by atoms with Crippen LogP contribution in [0.5, 0.6) is 0 Å². The molecule has 0 atom stereocenters. The van der Waals surface area contributed by atoms with Gasteiger partial charge in [-0.2, -0.15) is 18.3 Å². The normalized spacial score (nSPS) is 16.0. The quantitative estimate of drug-likeness (QED) is 0.591. The lowest BCUT2D eigenvalue weighted by atomic mass is 9.91. The molecule has 4 heterocycles. The first-order chi connectivity index (χ1) is 14.9. The topological polar surface area (TPSA) is 76.3 Å². The van der Waals surface area contributed by atoms with E-state index in [0.717, 1.165) is 16.3 Å². The van der Waals surface area contributed by atoms with Crippen LogP contribution in [-0.4, -0.2) is 48.5 Å². The zero-order chi connectivity index (χ0) is 23.3. The Balaban J connectivity index is 1.57. The van der Waals surface area contributed by atoms with Crippen LogP contribution in [0, 0.1) is 6.92 Å². The second kappa shape index (κ2) is 7.83. The van der Waals surface area contributed by atoms with Crippen LogP contribution < -0.4 is 0 Å². The molecule has 1 aliphatic heterocycles. The third-order valence-electron chi connectivity index (χ3n) is 5.71. The Labute approximate surface area is 183 Å². The van der Waals surface area contributed by atoms with Gasteiger partial charge in [0.2, 0.25) is 0 Å². The first-order valence-electron chi connectivity index (χ1n) is 10.5. The van der Waals surface area contributed by atoms with Crippen LogP contribution in [0.15, 0.2) is 24.5 Å². The van der Waals surface area contributed by atoms with E-state index in [-0.39, 0.29) is 23.2 Å². The highest BCUT2D eigenvalue weighted by atomic mass is 19.4. The fraction of sp³-hybridized carbons (Fsp3) is 0.500. The maximum absolute atomic E-state index is 13.7. The van der Waals surface area contributed by atoms with Crippen molar-refractivity contribution < 1.29 is 18.0 Å². The number of carbonyl (C=O) groups excluding carboxylic acids is 1. The summed E-state index contributed by atoms with van der Waals surface area (Å²) in [5, 5.41) is 4.27. The molecule has 0 unspecified atom stereocenters. The third kappa shape index (κ3) is 4.31. The van der Waals surface area contributed by atoms with Crippen molar-refractivity contribution in [2.45, 2.75) is 58.0 Å². The molecule has 0 N–H and O–H groups in total. The third-order valence-corrected chi connectivity index (χ3v) is 5.71. The summed E-state index contributed by atoms with van der Waals surface area (Å²) in [7, 11) is 0. The van der Waals surface area contributed by atoms with Gasteiger partial charge in [0.15, 0.2) is 5.65 Å². The molecule has 10 heteroatoms. The number of halogens is 3. The molecule has 3 aromatic heterocycles. The summed E-state index contributed by atoms with van der Waals surface area (Å²) in [6.45, 7) is 8.22. The van der Waals surface area contributed by atoms with Crippen molar-refractivity contribution in [3.8, 4) is 0 Å². The number of amides is 1. The zero-order valence-electron chi connectivity index (χ0n) is 18.4. The smallest absolute Gasteiger partial charge is 0.337 e. The number of nitrogens with zero attached hydrogens (tertiary/aromatic N) is 6. The van der Waals surface area contributed by atoms with E-state index in [0.29, 0.717) is 37.3 Å². The van der Waals surface area contributed by atoms with Crippen LogP contribution in [0.2, 0.25) is 0 Å². The fourth-order valence-electron chi connectivity index (χ4n) is 3.82. The van der Waals surface area contributed by atoms with Crippen molar-refractivity contribution in [3.05, 3.63) is 53.0 Å². The average Bonchev–Trinajstić information content (AvgIpc) is 3.16. The summed E-state index contributed by atoms with van der Waals surface area (Å²) in [4.78, 5) is 27.0. The lowest BCUT2D eigenvalue weighted by Gasteiger charge is -2.30. The van der Waals surface area contributed by atoms with E-state index in [1.54, 1.807) is 24.1 Å². The summed E-state index contributed by atoms with van der Waals surface area (Å²) in [5.74, 6) is -0.245. The van der Waals surface area contributed by atoms with Gasteiger partial charge in [0.05, 0.1) is 23.3 Å². The van der Waals surface area contributed by atoms with Crippen LogP contribution >= 0.6 is 0 Å². The Kier molecular flexibility index (Phi) is 5.42. The maximum atomic E-state index is 13.7. The standard InChI is InChI=1S/C22H25F3N6O/c1-13-11-27-16(12-26-13)20(32)30-7-5-14(6-8-30)15-9-19-28-17(21(2,3)4)10-18(22(23,24)25)31(19)29-15/h9-12,14H,5-8H2,1-4H3. The van der Waals surface area contributed by atoms with Crippen molar-refractivity contribution in [1.29, 1.82) is 0 Å². The summed E-state index contributed by atoms with van der Waals surface area (Å²) >= 11 is 0. The minimum atomic E-state index is -4.55. The molecule has 3 aromatic rings. The fourth-order valence-corrected chi connectivity index (χ4v) is 3.82. The van der Waals surface area contributed by atoms with Gasteiger partial charge in [-0.1, -0.05) is 20.8 Å². The van der Waals surface area contributed by atoms with E-state index in [4.69, 9.17) is 0 Å². The van der Waals surface area contributed by atoms with E-state index >= 15 is 0 Å². The summed E-state index contributed by atoms with van der Waals surface area (Å²) in [5.41, 5.74) is 0.776. The van der Waals surface area contributed by atoms with Crippen molar-refractivity contribution >= 4 is 11.6 Å².